The number of carbonyl (C=O) groups is 2. The number of methoxy groups -OCH3 is 1. The van der Waals surface area contributed by atoms with Gasteiger partial charge in [0.05, 0.1) is 18.9 Å². The Hall–Kier alpha value is -2.04. The lowest BCUT2D eigenvalue weighted by molar-refractivity contribution is -0.146. The summed E-state index contributed by atoms with van der Waals surface area (Å²) >= 11 is 0. The second kappa shape index (κ2) is 6.41. The fourth-order valence-corrected chi connectivity index (χ4v) is 2.42. The molecule has 1 aliphatic carbocycles. The molecule has 0 atom stereocenters. The van der Waals surface area contributed by atoms with Gasteiger partial charge in [-0.25, -0.2) is 0 Å². The average molecular weight is 278 g/mol. The first-order valence-corrected chi connectivity index (χ1v) is 6.68. The van der Waals surface area contributed by atoms with E-state index in [4.69, 9.17) is 14.6 Å². The van der Waals surface area contributed by atoms with Crippen LogP contribution in [-0.2, 0) is 9.59 Å². The van der Waals surface area contributed by atoms with E-state index in [0.29, 0.717) is 37.2 Å². The topological polar surface area (TPSA) is 72.8 Å². The summed E-state index contributed by atoms with van der Waals surface area (Å²) in [6.07, 6.45) is 2.23. The van der Waals surface area contributed by atoms with Crippen LogP contribution in [0.25, 0.3) is 0 Å². The number of rotatable bonds is 4. The van der Waals surface area contributed by atoms with Gasteiger partial charge in [-0.3, -0.25) is 9.59 Å². The number of carboxylic acids is 1. The number of ether oxygens (including phenoxy) is 2. The van der Waals surface area contributed by atoms with Crippen molar-refractivity contribution in [3.05, 3.63) is 24.3 Å². The van der Waals surface area contributed by atoms with Gasteiger partial charge in [0, 0.05) is 0 Å². The van der Waals surface area contributed by atoms with Gasteiger partial charge in [-0.2, -0.15) is 0 Å². The molecule has 1 aliphatic rings. The van der Waals surface area contributed by atoms with Crippen molar-refractivity contribution in [3.8, 4) is 11.5 Å². The monoisotopic (exact) mass is 278 g/mol. The summed E-state index contributed by atoms with van der Waals surface area (Å²) in [5.41, 5.74) is 0. The van der Waals surface area contributed by atoms with E-state index in [1.807, 2.05) is 0 Å². The lowest BCUT2D eigenvalue weighted by Gasteiger charge is -2.24. The number of hydrogen-bond donors (Lipinski definition) is 1. The largest absolute Gasteiger partial charge is 0.497 e. The standard InChI is InChI=1S/C15H18O5/c1-19-12-6-8-13(9-7-12)20-15(18)11-4-2-10(3-5-11)14(16)17/h6-11H,2-5H2,1H3,(H,16,17)/t10-,11-. The van der Waals surface area contributed by atoms with Crippen LogP contribution < -0.4 is 9.47 Å². The third-order valence-electron chi connectivity index (χ3n) is 3.69. The molecule has 1 aromatic carbocycles. The second-order valence-corrected chi connectivity index (χ2v) is 4.98. The molecule has 0 amide bonds. The quantitative estimate of drug-likeness (QED) is 0.676. The van der Waals surface area contributed by atoms with E-state index in [9.17, 15) is 9.59 Å². The number of benzene rings is 1. The van der Waals surface area contributed by atoms with E-state index in [1.165, 1.54) is 0 Å². The van der Waals surface area contributed by atoms with Gasteiger partial charge in [0.25, 0.3) is 0 Å². The van der Waals surface area contributed by atoms with Crippen molar-refractivity contribution in [1.29, 1.82) is 0 Å². The number of carbonyl (C=O) groups excluding carboxylic acids is 1. The summed E-state index contributed by atoms with van der Waals surface area (Å²) in [6.45, 7) is 0. The zero-order chi connectivity index (χ0) is 14.5. The summed E-state index contributed by atoms with van der Waals surface area (Å²) in [7, 11) is 1.57. The molecule has 1 fully saturated rings. The summed E-state index contributed by atoms with van der Waals surface area (Å²) in [5.74, 6) is -0.387. The molecule has 0 aromatic heterocycles. The van der Waals surface area contributed by atoms with Gasteiger partial charge in [-0.15, -0.1) is 0 Å². The predicted molar refractivity (Wildman–Crippen MR) is 71.7 cm³/mol. The van der Waals surface area contributed by atoms with Crippen molar-refractivity contribution in [3.63, 3.8) is 0 Å². The van der Waals surface area contributed by atoms with Crippen LogP contribution in [-0.4, -0.2) is 24.2 Å². The highest BCUT2D eigenvalue weighted by molar-refractivity contribution is 5.76. The van der Waals surface area contributed by atoms with E-state index >= 15 is 0 Å². The SMILES string of the molecule is COc1ccc(OC(=O)[C@H]2CC[C@H](C(=O)O)CC2)cc1. The van der Waals surface area contributed by atoms with Crippen LogP contribution in [0.4, 0.5) is 0 Å². The molecule has 0 unspecified atom stereocenters. The first kappa shape index (κ1) is 14.4. The number of esters is 1. The molecule has 20 heavy (non-hydrogen) atoms. The predicted octanol–water partition coefficient (Wildman–Crippen LogP) is 2.49. The number of aliphatic carboxylic acids is 1. The van der Waals surface area contributed by atoms with E-state index in [1.54, 1.807) is 31.4 Å². The van der Waals surface area contributed by atoms with Crippen molar-refractivity contribution in [2.24, 2.45) is 11.8 Å². The summed E-state index contributed by atoms with van der Waals surface area (Å²) in [6, 6.07) is 6.81. The van der Waals surface area contributed by atoms with E-state index in [0.717, 1.165) is 0 Å². The molecule has 2 rings (SSSR count). The van der Waals surface area contributed by atoms with Crippen LogP contribution in [0.1, 0.15) is 25.7 Å². The van der Waals surface area contributed by atoms with Crippen molar-refractivity contribution in [1.82, 2.24) is 0 Å². The average Bonchev–Trinajstić information content (AvgIpc) is 2.48. The van der Waals surface area contributed by atoms with Gasteiger partial charge in [-0.1, -0.05) is 0 Å². The Kier molecular flexibility index (Phi) is 4.61. The Labute approximate surface area is 117 Å². The summed E-state index contributed by atoms with van der Waals surface area (Å²) < 4.78 is 10.3. The third-order valence-corrected chi connectivity index (χ3v) is 3.69. The lowest BCUT2D eigenvalue weighted by Crippen LogP contribution is -2.28. The number of hydrogen-bond acceptors (Lipinski definition) is 4. The van der Waals surface area contributed by atoms with Gasteiger partial charge in [0.15, 0.2) is 0 Å². The Morgan fingerprint density at radius 1 is 1.00 bits per heavy atom. The normalized spacial score (nSPS) is 22.1. The Bertz CT molecular complexity index is 472. The van der Waals surface area contributed by atoms with E-state index < -0.39 is 5.97 Å². The molecular formula is C15H18O5. The van der Waals surface area contributed by atoms with Crippen molar-refractivity contribution < 1.29 is 24.2 Å². The maximum Gasteiger partial charge on any atom is 0.314 e. The molecule has 0 radical (unpaired) electrons. The van der Waals surface area contributed by atoms with Gasteiger partial charge in [-0.05, 0) is 49.9 Å². The van der Waals surface area contributed by atoms with E-state index in [2.05, 4.69) is 0 Å². The molecule has 0 aliphatic heterocycles. The highest BCUT2D eigenvalue weighted by atomic mass is 16.5. The molecule has 1 aromatic rings. The Morgan fingerprint density at radius 3 is 2.00 bits per heavy atom. The molecule has 1 saturated carbocycles. The summed E-state index contributed by atoms with van der Waals surface area (Å²) in [4.78, 5) is 22.9. The third kappa shape index (κ3) is 3.50. The minimum absolute atomic E-state index is 0.201. The molecular weight excluding hydrogens is 260 g/mol. The van der Waals surface area contributed by atoms with Crippen LogP contribution in [0.3, 0.4) is 0 Å². The summed E-state index contributed by atoms with van der Waals surface area (Å²) in [5, 5.41) is 8.92. The maximum atomic E-state index is 12.0. The van der Waals surface area contributed by atoms with Crippen LogP contribution >= 0.6 is 0 Å². The Morgan fingerprint density at radius 2 is 1.50 bits per heavy atom. The molecule has 0 heterocycles. The molecule has 0 saturated heterocycles. The fourth-order valence-electron chi connectivity index (χ4n) is 2.42. The molecule has 1 N–H and O–H groups in total. The van der Waals surface area contributed by atoms with Crippen LogP contribution in [0.15, 0.2) is 24.3 Å². The Balaban J connectivity index is 1.87. The smallest absolute Gasteiger partial charge is 0.314 e. The highest BCUT2D eigenvalue weighted by Crippen LogP contribution is 2.30. The molecule has 0 spiro atoms. The minimum Gasteiger partial charge on any atom is -0.497 e. The van der Waals surface area contributed by atoms with E-state index in [-0.39, 0.29) is 17.8 Å². The fraction of sp³-hybridized carbons (Fsp3) is 0.467. The van der Waals surface area contributed by atoms with Crippen LogP contribution in [0.5, 0.6) is 11.5 Å². The van der Waals surface area contributed by atoms with Crippen LogP contribution in [0, 0.1) is 11.8 Å². The zero-order valence-corrected chi connectivity index (χ0v) is 11.4. The molecule has 5 heteroatoms. The first-order valence-electron chi connectivity index (χ1n) is 6.68. The number of carboxylic acid groups (broad SMARTS) is 1. The minimum atomic E-state index is -0.771. The zero-order valence-electron chi connectivity index (χ0n) is 11.4. The molecule has 5 nitrogen and oxygen atoms in total. The first-order chi connectivity index (χ1) is 9.60. The van der Waals surface area contributed by atoms with Gasteiger partial charge in [0.2, 0.25) is 0 Å². The van der Waals surface area contributed by atoms with Gasteiger partial charge >= 0.3 is 11.9 Å². The molecule has 0 bridgehead atoms. The maximum absolute atomic E-state index is 12.0. The highest BCUT2D eigenvalue weighted by Gasteiger charge is 2.30. The lowest BCUT2D eigenvalue weighted by atomic mass is 9.82. The van der Waals surface area contributed by atoms with Crippen LogP contribution in [0.2, 0.25) is 0 Å². The molecule has 108 valence electrons. The second-order valence-electron chi connectivity index (χ2n) is 4.98. The van der Waals surface area contributed by atoms with Crippen molar-refractivity contribution in [2.45, 2.75) is 25.7 Å². The van der Waals surface area contributed by atoms with Crippen molar-refractivity contribution in [2.75, 3.05) is 7.11 Å². The van der Waals surface area contributed by atoms with Gasteiger partial charge < -0.3 is 14.6 Å². The van der Waals surface area contributed by atoms with Crippen molar-refractivity contribution >= 4 is 11.9 Å². The van der Waals surface area contributed by atoms with Gasteiger partial charge in [0.1, 0.15) is 11.5 Å².